The minimum absolute atomic E-state index is 0.0949. The number of pyridine rings is 1. The fourth-order valence-electron chi connectivity index (χ4n) is 4.05. The SMILES string of the molecule is O=C1c2cccc3cccc(c23)C1(CCCO)Cc1ccncc1. The van der Waals surface area contributed by atoms with E-state index in [1.807, 2.05) is 30.3 Å². The number of carbonyl (C=O) groups excluding carboxylic acids is 1. The quantitative estimate of drug-likeness (QED) is 0.781. The third kappa shape index (κ3) is 2.16. The van der Waals surface area contributed by atoms with Crippen LogP contribution in [0.2, 0.25) is 0 Å². The van der Waals surface area contributed by atoms with E-state index < -0.39 is 5.41 Å². The number of aliphatic hydroxyl groups excluding tert-OH is 1. The number of Topliss-reactive ketones (excluding diaryl/α,β-unsaturated/α-hetero) is 1. The number of hydrogen-bond donors (Lipinski definition) is 1. The molecule has 1 N–H and O–H groups in total. The molecule has 0 amide bonds. The summed E-state index contributed by atoms with van der Waals surface area (Å²) in [7, 11) is 0. The fraction of sp³-hybridized carbons (Fsp3) is 0.238. The molecule has 3 heteroatoms. The highest BCUT2D eigenvalue weighted by atomic mass is 16.3. The average molecular weight is 317 g/mol. The molecule has 1 heterocycles. The summed E-state index contributed by atoms with van der Waals surface area (Å²) in [4.78, 5) is 17.5. The van der Waals surface area contributed by atoms with Crippen LogP contribution in [0.4, 0.5) is 0 Å². The molecule has 0 saturated carbocycles. The van der Waals surface area contributed by atoms with Crippen LogP contribution >= 0.6 is 0 Å². The van der Waals surface area contributed by atoms with Crippen LogP contribution in [-0.2, 0) is 11.8 Å². The summed E-state index contributed by atoms with van der Waals surface area (Å²) < 4.78 is 0. The molecule has 1 aromatic heterocycles. The van der Waals surface area contributed by atoms with Crippen molar-refractivity contribution in [2.75, 3.05) is 6.61 Å². The van der Waals surface area contributed by atoms with Crippen LogP contribution in [0.5, 0.6) is 0 Å². The third-order valence-electron chi connectivity index (χ3n) is 5.12. The Morgan fingerprint density at radius 3 is 2.50 bits per heavy atom. The summed E-state index contributed by atoms with van der Waals surface area (Å²) >= 11 is 0. The third-order valence-corrected chi connectivity index (χ3v) is 5.12. The van der Waals surface area contributed by atoms with Crippen molar-refractivity contribution in [3.63, 3.8) is 0 Å². The first-order chi connectivity index (χ1) is 11.8. The monoisotopic (exact) mass is 317 g/mol. The van der Waals surface area contributed by atoms with Gasteiger partial charge in [0, 0.05) is 24.6 Å². The number of rotatable bonds is 5. The second kappa shape index (κ2) is 5.84. The minimum Gasteiger partial charge on any atom is -0.396 e. The molecule has 0 fully saturated rings. The number of aromatic nitrogens is 1. The molecule has 1 unspecified atom stereocenters. The molecule has 0 radical (unpaired) electrons. The van der Waals surface area contributed by atoms with Gasteiger partial charge in [0.05, 0.1) is 5.41 Å². The second-order valence-corrected chi connectivity index (χ2v) is 6.48. The van der Waals surface area contributed by atoms with E-state index in [2.05, 4.69) is 23.2 Å². The summed E-state index contributed by atoms with van der Waals surface area (Å²) in [6.07, 6.45) is 5.44. The van der Waals surface area contributed by atoms with E-state index in [1.165, 1.54) is 0 Å². The highest BCUT2D eigenvalue weighted by Crippen LogP contribution is 2.47. The standard InChI is InChI=1S/C21H19NO2/c23-13-3-10-21(14-15-8-11-22-12-9-15)18-7-2-5-16-4-1-6-17(19(16)18)20(21)24/h1-2,4-9,11-12,23H,3,10,13-14H2. The maximum atomic E-state index is 13.4. The Balaban J connectivity index is 1.91. The van der Waals surface area contributed by atoms with Gasteiger partial charge in [-0.15, -0.1) is 0 Å². The van der Waals surface area contributed by atoms with E-state index in [-0.39, 0.29) is 12.4 Å². The summed E-state index contributed by atoms with van der Waals surface area (Å²) in [5, 5.41) is 11.6. The molecule has 4 rings (SSSR count). The first kappa shape index (κ1) is 15.0. The van der Waals surface area contributed by atoms with Crippen molar-refractivity contribution in [1.82, 2.24) is 4.98 Å². The van der Waals surface area contributed by atoms with Gasteiger partial charge in [-0.1, -0.05) is 36.4 Å². The molecular weight excluding hydrogens is 298 g/mol. The number of nitrogens with zero attached hydrogens (tertiary/aromatic N) is 1. The van der Waals surface area contributed by atoms with Gasteiger partial charge in [0.1, 0.15) is 0 Å². The van der Waals surface area contributed by atoms with E-state index in [0.29, 0.717) is 19.3 Å². The number of aliphatic hydroxyl groups is 1. The molecule has 3 aromatic rings. The Bertz CT molecular complexity index is 899. The van der Waals surface area contributed by atoms with Crippen LogP contribution in [0.3, 0.4) is 0 Å². The average Bonchev–Trinajstić information content (AvgIpc) is 2.86. The zero-order chi connectivity index (χ0) is 16.6. The maximum Gasteiger partial charge on any atom is 0.174 e. The zero-order valence-electron chi connectivity index (χ0n) is 13.4. The number of benzene rings is 2. The van der Waals surface area contributed by atoms with Crippen molar-refractivity contribution in [3.05, 3.63) is 77.6 Å². The summed E-state index contributed by atoms with van der Waals surface area (Å²) in [6, 6.07) is 16.0. The van der Waals surface area contributed by atoms with Crippen LogP contribution < -0.4 is 0 Å². The van der Waals surface area contributed by atoms with Crippen LogP contribution in [0.25, 0.3) is 10.8 Å². The van der Waals surface area contributed by atoms with Gasteiger partial charge in [-0.3, -0.25) is 9.78 Å². The Hall–Kier alpha value is -2.52. The molecule has 1 atom stereocenters. The predicted octanol–water partition coefficient (Wildman–Crippen LogP) is 3.68. The smallest absolute Gasteiger partial charge is 0.174 e. The van der Waals surface area contributed by atoms with Gasteiger partial charge in [-0.25, -0.2) is 0 Å². The van der Waals surface area contributed by atoms with Crippen molar-refractivity contribution in [1.29, 1.82) is 0 Å². The Morgan fingerprint density at radius 2 is 1.75 bits per heavy atom. The van der Waals surface area contributed by atoms with Gasteiger partial charge in [0.15, 0.2) is 5.78 Å². The Kier molecular flexibility index (Phi) is 3.66. The Morgan fingerprint density at radius 1 is 1.00 bits per heavy atom. The lowest BCUT2D eigenvalue weighted by atomic mass is 9.72. The summed E-state index contributed by atoms with van der Waals surface area (Å²) in [6.45, 7) is 0.0949. The topological polar surface area (TPSA) is 50.2 Å². The molecule has 0 bridgehead atoms. The molecule has 1 aliphatic carbocycles. The zero-order valence-corrected chi connectivity index (χ0v) is 13.4. The van der Waals surface area contributed by atoms with Crippen molar-refractivity contribution < 1.29 is 9.90 Å². The second-order valence-electron chi connectivity index (χ2n) is 6.48. The fourth-order valence-corrected chi connectivity index (χ4v) is 4.05. The van der Waals surface area contributed by atoms with Gasteiger partial charge >= 0.3 is 0 Å². The molecule has 3 nitrogen and oxygen atoms in total. The molecule has 0 spiro atoms. The normalized spacial score (nSPS) is 19.1. The lowest BCUT2D eigenvalue weighted by Gasteiger charge is -2.29. The lowest BCUT2D eigenvalue weighted by molar-refractivity contribution is 0.0877. The highest BCUT2D eigenvalue weighted by molar-refractivity contribution is 6.20. The highest BCUT2D eigenvalue weighted by Gasteiger charge is 2.46. The van der Waals surface area contributed by atoms with Gasteiger partial charge in [0.2, 0.25) is 0 Å². The van der Waals surface area contributed by atoms with Gasteiger partial charge in [-0.2, -0.15) is 0 Å². The van der Waals surface area contributed by atoms with Crippen LogP contribution in [-0.4, -0.2) is 22.5 Å². The van der Waals surface area contributed by atoms with E-state index in [4.69, 9.17) is 0 Å². The molecule has 0 aliphatic heterocycles. The van der Waals surface area contributed by atoms with Crippen molar-refractivity contribution in [3.8, 4) is 0 Å². The van der Waals surface area contributed by atoms with Gasteiger partial charge < -0.3 is 5.11 Å². The number of hydrogen-bond acceptors (Lipinski definition) is 3. The Labute approximate surface area is 141 Å². The molecule has 1 aliphatic rings. The van der Waals surface area contributed by atoms with E-state index in [9.17, 15) is 9.90 Å². The number of carbonyl (C=O) groups is 1. The van der Waals surface area contributed by atoms with Gasteiger partial charge in [0.25, 0.3) is 0 Å². The minimum atomic E-state index is -0.590. The van der Waals surface area contributed by atoms with Crippen molar-refractivity contribution in [2.24, 2.45) is 0 Å². The summed E-state index contributed by atoms with van der Waals surface area (Å²) in [5.41, 5.74) is 2.43. The van der Waals surface area contributed by atoms with E-state index in [0.717, 1.165) is 27.5 Å². The summed E-state index contributed by atoms with van der Waals surface area (Å²) in [5.74, 6) is 0.180. The van der Waals surface area contributed by atoms with Crippen molar-refractivity contribution >= 4 is 16.6 Å². The van der Waals surface area contributed by atoms with E-state index in [1.54, 1.807) is 12.4 Å². The predicted molar refractivity (Wildman–Crippen MR) is 94.2 cm³/mol. The molecular formula is C21H19NO2. The molecule has 24 heavy (non-hydrogen) atoms. The van der Waals surface area contributed by atoms with Crippen LogP contribution in [0.1, 0.15) is 34.3 Å². The van der Waals surface area contributed by atoms with Crippen LogP contribution in [0, 0.1) is 0 Å². The molecule has 0 saturated heterocycles. The molecule has 120 valence electrons. The lowest BCUT2D eigenvalue weighted by Crippen LogP contribution is -2.35. The van der Waals surface area contributed by atoms with E-state index >= 15 is 0 Å². The number of ketones is 1. The van der Waals surface area contributed by atoms with Gasteiger partial charge in [-0.05, 0) is 53.3 Å². The first-order valence-electron chi connectivity index (χ1n) is 8.33. The molecule has 2 aromatic carbocycles. The first-order valence-corrected chi connectivity index (χ1v) is 8.33. The maximum absolute atomic E-state index is 13.4. The van der Waals surface area contributed by atoms with Crippen molar-refractivity contribution in [2.45, 2.75) is 24.7 Å². The van der Waals surface area contributed by atoms with Crippen LogP contribution in [0.15, 0.2) is 60.9 Å². The largest absolute Gasteiger partial charge is 0.396 e.